The van der Waals surface area contributed by atoms with Gasteiger partial charge in [0, 0.05) is 24.7 Å². The van der Waals surface area contributed by atoms with E-state index in [0.29, 0.717) is 40.8 Å². The highest BCUT2D eigenvalue weighted by atomic mass is 35.5. The lowest BCUT2D eigenvalue weighted by Gasteiger charge is -2.37. The summed E-state index contributed by atoms with van der Waals surface area (Å²) in [7, 11) is 1.80. The third-order valence-electron chi connectivity index (χ3n) is 4.81. The fourth-order valence-corrected chi connectivity index (χ4v) is 3.80. The van der Waals surface area contributed by atoms with E-state index in [1.807, 2.05) is 6.07 Å². The summed E-state index contributed by atoms with van der Waals surface area (Å²) in [5.41, 5.74) is 8.90. The maximum absolute atomic E-state index is 12.7. The molecular weight excluding hydrogens is 350 g/mol. The van der Waals surface area contributed by atoms with Gasteiger partial charge in [0.15, 0.2) is 5.78 Å². The van der Waals surface area contributed by atoms with Gasteiger partial charge >= 0.3 is 0 Å². The normalized spacial score (nSPS) is 20.0. The number of allylic oxidation sites excluding steroid dienone is 3. The maximum atomic E-state index is 12.7. The van der Waals surface area contributed by atoms with Gasteiger partial charge in [-0.25, -0.2) is 0 Å². The Kier molecular flexibility index (Phi) is 5.06. The first kappa shape index (κ1) is 18.1. The Morgan fingerprint density at radius 1 is 1.50 bits per heavy atom. The summed E-state index contributed by atoms with van der Waals surface area (Å²) in [6.07, 6.45) is 3.67. The second-order valence-corrected chi connectivity index (χ2v) is 6.74. The minimum absolute atomic E-state index is 0.0615. The molecule has 1 aromatic carbocycles. The number of nitriles is 1. The van der Waals surface area contributed by atoms with Gasteiger partial charge in [-0.05, 0) is 30.5 Å². The number of nitrogens with two attached hydrogens (primary N) is 1. The van der Waals surface area contributed by atoms with E-state index in [1.165, 1.54) is 0 Å². The summed E-state index contributed by atoms with van der Waals surface area (Å²) in [6.45, 7) is 3.96. The second-order valence-electron chi connectivity index (χ2n) is 6.33. The topological polar surface area (TPSA) is 79.3 Å². The number of ketones is 1. The predicted octanol–water partition coefficient (Wildman–Crippen LogP) is 3.63. The number of rotatable bonds is 4. The van der Waals surface area contributed by atoms with Crippen LogP contribution in [0.15, 0.2) is 53.5 Å². The fourth-order valence-electron chi connectivity index (χ4n) is 3.56. The van der Waals surface area contributed by atoms with E-state index < -0.39 is 5.92 Å². The van der Waals surface area contributed by atoms with E-state index in [-0.39, 0.29) is 5.78 Å². The van der Waals surface area contributed by atoms with Gasteiger partial charge in [-0.1, -0.05) is 30.3 Å². The van der Waals surface area contributed by atoms with Crippen molar-refractivity contribution in [2.24, 2.45) is 5.73 Å². The van der Waals surface area contributed by atoms with Crippen molar-refractivity contribution >= 4 is 17.4 Å². The number of benzene rings is 1. The number of carbonyl (C=O) groups is 1. The number of Topliss-reactive ketones (excluding diaryl/α,β-unsaturated/α-hetero) is 1. The monoisotopic (exact) mass is 369 g/mol. The van der Waals surface area contributed by atoms with Crippen molar-refractivity contribution in [2.45, 2.75) is 25.2 Å². The lowest BCUT2D eigenvalue weighted by molar-refractivity contribution is -0.116. The SMILES string of the molecule is C=CCOc1ccc([C@@H]2C(C#N)=C(N)N(C)C3=C2C(=O)CCC3)cc1Cl. The lowest BCUT2D eigenvalue weighted by Crippen LogP contribution is -2.36. The Balaban J connectivity index is 2.12. The molecule has 0 saturated heterocycles. The van der Waals surface area contributed by atoms with E-state index in [0.717, 1.165) is 24.1 Å². The van der Waals surface area contributed by atoms with Crippen LogP contribution < -0.4 is 10.5 Å². The van der Waals surface area contributed by atoms with Gasteiger partial charge in [0.05, 0.1) is 22.6 Å². The van der Waals surface area contributed by atoms with E-state index in [9.17, 15) is 10.1 Å². The number of halogens is 1. The predicted molar refractivity (Wildman–Crippen MR) is 100 cm³/mol. The zero-order chi connectivity index (χ0) is 18.8. The molecular formula is C20H20ClN3O2. The highest BCUT2D eigenvalue weighted by molar-refractivity contribution is 6.32. The number of hydrogen-bond donors (Lipinski definition) is 1. The third kappa shape index (κ3) is 2.97. The summed E-state index contributed by atoms with van der Waals surface area (Å²) >= 11 is 6.35. The summed E-state index contributed by atoms with van der Waals surface area (Å²) in [5, 5.41) is 10.1. The standard InChI is InChI=1S/C20H20ClN3O2/c1-3-9-26-17-8-7-12(10-14(17)21)18-13(11-22)20(23)24(2)15-5-4-6-16(25)19(15)18/h3,7-8,10,18H,1,4-6,9,23H2,2H3/t18-/m1/s1. The van der Waals surface area contributed by atoms with Crippen LogP contribution in [0.3, 0.4) is 0 Å². The maximum Gasteiger partial charge on any atom is 0.161 e. The van der Waals surface area contributed by atoms with Crippen LogP contribution in [0.5, 0.6) is 5.75 Å². The summed E-state index contributed by atoms with van der Waals surface area (Å²) in [4.78, 5) is 14.5. The van der Waals surface area contributed by atoms with Crippen molar-refractivity contribution in [1.29, 1.82) is 5.26 Å². The van der Waals surface area contributed by atoms with Crippen molar-refractivity contribution in [3.63, 3.8) is 0 Å². The molecule has 0 unspecified atom stereocenters. The molecule has 1 aliphatic heterocycles. The molecule has 1 aromatic rings. The quantitative estimate of drug-likeness (QED) is 0.820. The molecule has 1 heterocycles. The molecule has 134 valence electrons. The Bertz CT molecular complexity index is 880. The van der Waals surface area contributed by atoms with Gasteiger partial charge in [0.2, 0.25) is 0 Å². The first-order valence-electron chi connectivity index (χ1n) is 8.42. The molecule has 0 spiro atoms. The first-order valence-corrected chi connectivity index (χ1v) is 8.80. The Morgan fingerprint density at radius 3 is 2.92 bits per heavy atom. The van der Waals surface area contributed by atoms with Crippen LogP contribution in [0, 0.1) is 11.3 Å². The Morgan fingerprint density at radius 2 is 2.27 bits per heavy atom. The first-order chi connectivity index (χ1) is 12.5. The molecule has 0 saturated carbocycles. The van der Waals surface area contributed by atoms with Gasteiger partial charge in [-0.3, -0.25) is 4.79 Å². The molecule has 1 atom stereocenters. The van der Waals surface area contributed by atoms with Crippen LogP contribution in [0.25, 0.3) is 0 Å². The van der Waals surface area contributed by atoms with Crippen LogP contribution in [0.4, 0.5) is 0 Å². The van der Waals surface area contributed by atoms with Crippen molar-refractivity contribution < 1.29 is 9.53 Å². The summed E-state index contributed by atoms with van der Waals surface area (Å²) < 4.78 is 5.51. The van der Waals surface area contributed by atoms with E-state index in [4.69, 9.17) is 22.1 Å². The second kappa shape index (κ2) is 7.27. The van der Waals surface area contributed by atoms with E-state index in [2.05, 4.69) is 12.6 Å². The van der Waals surface area contributed by atoms with Crippen LogP contribution in [-0.4, -0.2) is 24.3 Å². The molecule has 5 nitrogen and oxygen atoms in total. The zero-order valence-electron chi connectivity index (χ0n) is 14.6. The van der Waals surface area contributed by atoms with Gasteiger partial charge in [-0.15, -0.1) is 0 Å². The molecule has 6 heteroatoms. The molecule has 1 aliphatic carbocycles. The average Bonchev–Trinajstić information content (AvgIpc) is 2.63. The Labute approximate surface area is 158 Å². The minimum Gasteiger partial charge on any atom is -0.488 e. The number of nitrogens with zero attached hydrogens (tertiary/aromatic N) is 2. The smallest absolute Gasteiger partial charge is 0.161 e. The molecule has 0 aromatic heterocycles. The number of hydrogen-bond acceptors (Lipinski definition) is 5. The zero-order valence-corrected chi connectivity index (χ0v) is 15.3. The fraction of sp³-hybridized carbons (Fsp3) is 0.300. The van der Waals surface area contributed by atoms with E-state index in [1.54, 1.807) is 30.2 Å². The molecule has 0 amide bonds. The number of ether oxygens (including phenoxy) is 1. The summed E-state index contributed by atoms with van der Waals surface area (Å²) in [6, 6.07) is 7.52. The molecule has 2 N–H and O–H groups in total. The van der Waals surface area contributed by atoms with Crippen molar-refractivity contribution in [2.75, 3.05) is 13.7 Å². The largest absolute Gasteiger partial charge is 0.488 e. The highest BCUT2D eigenvalue weighted by Crippen LogP contribution is 2.45. The minimum atomic E-state index is -0.495. The van der Waals surface area contributed by atoms with Crippen molar-refractivity contribution in [3.05, 3.63) is 64.1 Å². The third-order valence-corrected chi connectivity index (χ3v) is 5.11. The molecule has 0 fully saturated rings. The average molecular weight is 370 g/mol. The highest BCUT2D eigenvalue weighted by Gasteiger charge is 2.38. The van der Waals surface area contributed by atoms with Crippen LogP contribution in [0.2, 0.25) is 5.02 Å². The molecule has 0 radical (unpaired) electrons. The Hall–Kier alpha value is -2.71. The van der Waals surface area contributed by atoms with Crippen molar-refractivity contribution in [3.8, 4) is 11.8 Å². The lowest BCUT2D eigenvalue weighted by atomic mass is 9.76. The molecule has 26 heavy (non-hydrogen) atoms. The van der Waals surface area contributed by atoms with Crippen LogP contribution >= 0.6 is 11.6 Å². The van der Waals surface area contributed by atoms with Gasteiger partial charge in [0.25, 0.3) is 0 Å². The number of carbonyl (C=O) groups excluding carboxylic acids is 1. The van der Waals surface area contributed by atoms with Crippen LogP contribution in [-0.2, 0) is 4.79 Å². The molecule has 3 rings (SSSR count). The van der Waals surface area contributed by atoms with E-state index >= 15 is 0 Å². The van der Waals surface area contributed by atoms with Crippen LogP contribution in [0.1, 0.15) is 30.7 Å². The van der Waals surface area contributed by atoms with Crippen molar-refractivity contribution in [1.82, 2.24) is 4.90 Å². The van der Waals surface area contributed by atoms with Gasteiger partial charge < -0.3 is 15.4 Å². The van der Waals surface area contributed by atoms with Gasteiger partial charge in [0.1, 0.15) is 18.2 Å². The summed E-state index contributed by atoms with van der Waals surface area (Å²) in [5.74, 6) is 0.480. The molecule has 2 aliphatic rings. The molecule has 0 bridgehead atoms. The van der Waals surface area contributed by atoms with Gasteiger partial charge in [-0.2, -0.15) is 5.26 Å².